The first kappa shape index (κ1) is 15.5. The highest BCUT2D eigenvalue weighted by molar-refractivity contribution is 7.20. The molecule has 0 saturated carbocycles. The van der Waals surface area contributed by atoms with Gasteiger partial charge in [-0.3, -0.25) is 4.68 Å². The number of morpholine rings is 1. The summed E-state index contributed by atoms with van der Waals surface area (Å²) in [7, 11) is 0. The zero-order valence-electron chi connectivity index (χ0n) is 14.1. The van der Waals surface area contributed by atoms with Crippen molar-refractivity contribution < 1.29 is 4.74 Å². The quantitative estimate of drug-likeness (QED) is 0.716. The number of hydrogen-bond donors (Lipinski definition) is 0. The first-order chi connectivity index (χ1) is 11.5. The van der Waals surface area contributed by atoms with Gasteiger partial charge in [0.1, 0.15) is 12.7 Å². The van der Waals surface area contributed by atoms with Crippen LogP contribution < -0.4 is 4.90 Å². The summed E-state index contributed by atoms with van der Waals surface area (Å²) in [6.07, 6.45) is 5.38. The molecule has 1 unspecified atom stereocenters. The maximum atomic E-state index is 5.85. The first-order valence-corrected chi connectivity index (χ1v) is 8.86. The third-order valence-corrected chi connectivity index (χ3v) is 5.05. The Kier molecular flexibility index (Phi) is 3.76. The van der Waals surface area contributed by atoms with Crippen LogP contribution in [-0.2, 0) is 16.7 Å². The zero-order chi connectivity index (χ0) is 16.7. The van der Waals surface area contributed by atoms with Crippen molar-refractivity contribution in [2.24, 2.45) is 0 Å². The van der Waals surface area contributed by atoms with E-state index in [0.717, 1.165) is 28.9 Å². The zero-order valence-corrected chi connectivity index (χ0v) is 14.9. The van der Waals surface area contributed by atoms with Crippen LogP contribution in [0.15, 0.2) is 18.9 Å². The molecule has 3 aromatic rings. The normalized spacial score (nSPS) is 19.3. The molecule has 1 fully saturated rings. The summed E-state index contributed by atoms with van der Waals surface area (Å²) in [6.45, 7) is 9.52. The number of aromatic nitrogens is 6. The summed E-state index contributed by atoms with van der Waals surface area (Å²) >= 11 is 1.63. The van der Waals surface area contributed by atoms with Crippen LogP contribution in [0.25, 0.3) is 4.96 Å². The minimum absolute atomic E-state index is 0.0371. The molecule has 1 atom stereocenters. The maximum absolute atomic E-state index is 5.85. The Bertz CT molecular complexity index is 785. The lowest BCUT2D eigenvalue weighted by Crippen LogP contribution is -2.44. The van der Waals surface area contributed by atoms with Crippen LogP contribution in [0.1, 0.15) is 26.5 Å². The lowest BCUT2D eigenvalue weighted by Gasteiger charge is -2.32. The van der Waals surface area contributed by atoms with Gasteiger partial charge in [-0.1, -0.05) is 32.1 Å². The molecule has 8 nitrogen and oxygen atoms in total. The van der Waals surface area contributed by atoms with Gasteiger partial charge in [0.25, 0.3) is 0 Å². The molecule has 24 heavy (non-hydrogen) atoms. The van der Waals surface area contributed by atoms with Crippen molar-refractivity contribution >= 4 is 21.4 Å². The number of fused-ring (bicyclic) bond motifs is 1. The van der Waals surface area contributed by atoms with Gasteiger partial charge in [0.15, 0.2) is 0 Å². The second-order valence-corrected chi connectivity index (χ2v) is 7.98. The van der Waals surface area contributed by atoms with E-state index in [0.29, 0.717) is 13.2 Å². The summed E-state index contributed by atoms with van der Waals surface area (Å²) in [5, 5.41) is 9.85. The van der Waals surface area contributed by atoms with E-state index in [1.54, 1.807) is 28.7 Å². The van der Waals surface area contributed by atoms with Gasteiger partial charge < -0.3 is 9.64 Å². The standard InChI is InChI=1S/C15H21N7OS/c1-15(2,3)12-8-22-13(18-12)24-14(19-22)20-4-5-23-11(6-20)7-21-10-16-9-17-21/h8-11H,4-7H2,1-3H3. The van der Waals surface area contributed by atoms with Crippen LogP contribution in [0.2, 0.25) is 0 Å². The molecule has 0 bridgehead atoms. The summed E-state index contributed by atoms with van der Waals surface area (Å²) < 4.78 is 9.54. The third kappa shape index (κ3) is 3.01. The first-order valence-electron chi connectivity index (χ1n) is 8.05. The monoisotopic (exact) mass is 347 g/mol. The van der Waals surface area contributed by atoms with Crippen molar-refractivity contribution in [2.75, 3.05) is 24.6 Å². The highest BCUT2D eigenvalue weighted by Crippen LogP contribution is 2.28. The molecule has 0 N–H and O–H groups in total. The molecule has 1 aliphatic heterocycles. The van der Waals surface area contributed by atoms with Crippen molar-refractivity contribution in [1.29, 1.82) is 0 Å². The van der Waals surface area contributed by atoms with Gasteiger partial charge in [0.05, 0.1) is 31.1 Å². The summed E-state index contributed by atoms with van der Waals surface area (Å²) in [6, 6.07) is 0. The molecular formula is C15H21N7OS. The number of rotatable bonds is 3. The lowest BCUT2D eigenvalue weighted by molar-refractivity contribution is 0.0273. The largest absolute Gasteiger partial charge is 0.373 e. The van der Waals surface area contributed by atoms with Crippen LogP contribution in [-0.4, -0.2) is 55.2 Å². The SMILES string of the molecule is CC(C)(C)c1cn2nc(N3CCOC(Cn4cncn4)C3)sc2n1. The van der Waals surface area contributed by atoms with E-state index in [4.69, 9.17) is 14.8 Å². The Balaban J connectivity index is 1.50. The van der Waals surface area contributed by atoms with E-state index >= 15 is 0 Å². The molecule has 1 saturated heterocycles. The van der Waals surface area contributed by atoms with Crippen molar-refractivity contribution in [3.05, 3.63) is 24.5 Å². The molecule has 0 aromatic carbocycles. The van der Waals surface area contributed by atoms with E-state index in [1.165, 1.54) is 0 Å². The van der Waals surface area contributed by atoms with Crippen molar-refractivity contribution in [3.8, 4) is 0 Å². The topological polar surface area (TPSA) is 73.4 Å². The van der Waals surface area contributed by atoms with Gasteiger partial charge in [0.2, 0.25) is 10.1 Å². The Morgan fingerprint density at radius 2 is 2.25 bits per heavy atom. The van der Waals surface area contributed by atoms with E-state index in [1.807, 2.05) is 10.7 Å². The fraction of sp³-hybridized carbons (Fsp3) is 0.600. The number of anilines is 1. The van der Waals surface area contributed by atoms with Gasteiger partial charge in [-0.15, -0.1) is 5.10 Å². The van der Waals surface area contributed by atoms with Crippen LogP contribution in [0.4, 0.5) is 5.13 Å². The number of nitrogens with zero attached hydrogens (tertiary/aromatic N) is 7. The molecule has 3 aromatic heterocycles. The van der Waals surface area contributed by atoms with Crippen molar-refractivity contribution in [2.45, 2.75) is 38.8 Å². The Labute approximate surface area is 144 Å². The summed E-state index contributed by atoms with van der Waals surface area (Å²) in [5.74, 6) is 0. The number of hydrogen-bond acceptors (Lipinski definition) is 7. The highest BCUT2D eigenvalue weighted by atomic mass is 32.1. The molecular weight excluding hydrogens is 326 g/mol. The van der Waals surface area contributed by atoms with Crippen molar-refractivity contribution in [1.82, 2.24) is 29.4 Å². The molecule has 4 heterocycles. The van der Waals surface area contributed by atoms with Crippen LogP contribution in [0.5, 0.6) is 0 Å². The molecule has 1 aliphatic rings. The van der Waals surface area contributed by atoms with Gasteiger partial charge in [-0.2, -0.15) is 5.10 Å². The molecule has 128 valence electrons. The highest BCUT2D eigenvalue weighted by Gasteiger charge is 2.25. The van der Waals surface area contributed by atoms with Crippen LogP contribution in [0.3, 0.4) is 0 Å². The fourth-order valence-corrected chi connectivity index (χ4v) is 3.64. The average molecular weight is 347 g/mol. The summed E-state index contributed by atoms with van der Waals surface area (Å²) in [4.78, 5) is 11.9. The maximum Gasteiger partial charge on any atom is 0.214 e. The summed E-state index contributed by atoms with van der Waals surface area (Å²) in [5.41, 5.74) is 1.11. The number of ether oxygens (including phenoxy) is 1. The predicted octanol–water partition coefficient (Wildman–Crippen LogP) is 1.59. The fourth-order valence-electron chi connectivity index (χ4n) is 2.72. The van der Waals surface area contributed by atoms with Crippen LogP contribution in [0, 0.1) is 0 Å². The molecule has 4 rings (SSSR count). The Morgan fingerprint density at radius 3 is 2.96 bits per heavy atom. The average Bonchev–Trinajstić information content (AvgIpc) is 3.21. The second kappa shape index (κ2) is 5.82. The van der Waals surface area contributed by atoms with E-state index in [-0.39, 0.29) is 11.5 Å². The van der Waals surface area contributed by atoms with Crippen LogP contribution >= 0.6 is 11.3 Å². The van der Waals surface area contributed by atoms with Gasteiger partial charge in [-0.25, -0.2) is 14.5 Å². The minimum Gasteiger partial charge on any atom is -0.373 e. The molecule has 0 spiro atoms. The number of imidazole rings is 1. The van der Waals surface area contributed by atoms with E-state index < -0.39 is 0 Å². The Hall–Kier alpha value is -2.00. The van der Waals surface area contributed by atoms with Gasteiger partial charge in [0, 0.05) is 18.5 Å². The predicted molar refractivity (Wildman–Crippen MR) is 91.5 cm³/mol. The lowest BCUT2D eigenvalue weighted by atomic mass is 9.93. The Morgan fingerprint density at radius 1 is 1.38 bits per heavy atom. The molecule has 0 amide bonds. The smallest absolute Gasteiger partial charge is 0.214 e. The van der Waals surface area contributed by atoms with E-state index in [2.05, 4.69) is 35.8 Å². The minimum atomic E-state index is 0.0371. The molecule has 0 aliphatic carbocycles. The van der Waals surface area contributed by atoms with E-state index in [9.17, 15) is 0 Å². The second-order valence-electron chi connectivity index (χ2n) is 7.04. The van der Waals surface area contributed by atoms with Gasteiger partial charge in [-0.05, 0) is 0 Å². The molecule has 0 radical (unpaired) electrons. The molecule has 9 heteroatoms. The van der Waals surface area contributed by atoms with Crippen molar-refractivity contribution in [3.63, 3.8) is 0 Å². The van der Waals surface area contributed by atoms with Gasteiger partial charge >= 0.3 is 0 Å². The third-order valence-electron chi connectivity index (χ3n) is 4.07.